The molecule has 142 valence electrons. The van der Waals surface area contributed by atoms with Gasteiger partial charge in [0.25, 0.3) is 4.32 Å². The van der Waals surface area contributed by atoms with Crippen LogP contribution < -0.4 is 0 Å². The maximum Gasteiger partial charge on any atom is 0.295 e. The molecule has 0 amide bonds. The number of thiocarbonyl (C=S) groups is 1. The summed E-state index contributed by atoms with van der Waals surface area (Å²) in [5, 5.41) is 0. The first kappa shape index (κ1) is 19.9. The number of piperidine rings is 1. The fourth-order valence-electron chi connectivity index (χ4n) is 3.46. The Morgan fingerprint density at radius 2 is 1.81 bits per heavy atom. The SMILES string of the molecule is CC1CCN(CN2CC(=Cc3ccc(C(C)(C)C)cc3)[S+]([O-])C2=S)CC1. The van der Waals surface area contributed by atoms with Gasteiger partial charge < -0.3 is 9.45 Å². The molecule has 1 aromatic rings. The molecular formula is C21H30N2OS2. The molecule has 2 aliphatic rings. The molecule has 0 N–H and O–H groups in total. The van der Waals surface area contributed by atoms with Crippen LogP contribution in [0.4, 0.5) is 0 Å². The number of nitrogens with zero attached hydrogens (tertiary/aromatic N) is 2. The Morgan fingerprint density at radius 1 is 1.19 bits per heavy atom. The summed E-state index contributed by atoms with van der Waals surface area (Å²) in [4.78, 5) is 5.46. The number of likely N-dealkylation sites (tertiary alicyclic amines) is 1. The minimum absolute atomic E-state index is 0.145. The van der Waals surface area contributed by atoms with Crippen LogP contribution in [0.15, 0.2) is 29.2 Å². The fourth-order valence-corrected chi connectivity index (χ4v) is 5.00. The average Bonchev–Trinajstić information content (AvgIpc) is 2.85. The van der Waals surface area contributed by atoms with Crippen molar-refractivity contribution < 1.29 is 4.55 Å². The highest BCUT2D eigenvalue weighted by atomic mass is 32.2. The highest BCUT2D eigenvalue weighted by Gasteiger charge is 2.37. The van der Waals surface area contributed by atoms with Crippen LogP contribution >= 0.6 is 12.2 Å². The lowest BCUT2D eigenvalue weighted by Gasteiger charge is -2.32. The molecule has 0 bridgehead atoms. The van der Waals surface area contributed by atoms with Gasteiger partial charge in [-0.05, 0) is 53.6 Å². The molecule has 2 heterocycles. The maximum absolute atomic E-state index is 12.7. The second-order valence-corrected chi connectivity index (χ2v) is 10.8. The Bertz CT molecular complexity index is 670. The van der Waals surface area contributed by atoms with Crippen molar-refractivity contribution in [3.8, 4) is 0 Å². The quantitative estimate of drug-likeness (QED) is 0.566. The third-order valence-corrected chi connectivity index (χ3v) is 7.36. The van der Waals surface area contributed by atoms with Crippen molar-refractivity contribution in [1.82, 2.24) is 9.80 Å². The van der Waals surface area contributed by atoms with Crippen LogP contribution in [0.25, 0.3) is 6.08 Å². The number of hydrogen-bond donors (Lipinski definition) is 0. The van der Waals surface area contributed by atoms with Gasteiger partial charge in [0.1, 0.15) is 0 Å². The van der Waals surface area contributed by atoms with E-state index in [2.05, 4.69) is 61.8 Å². The Hall–Kier alpha value is -0.880. The van der Waals surface area contributed by atoms with Crippen LogP contribution in [-0.2, 0) is 16.6 Å². The van der Waals surface area contributed by atoms with Gasteiger partial charge in [0.15, 0.2) is 4.91 Å². The zero-order chi connectivity index (χ0) is 18.9. The zero-order valence-corrected chi connectivity index (χ0v) is 18.0. The highest BCUT2D eigenvalue weighted by molar-refractivity contribution is 8.19. The molecule has 1 atom stereocenters. The summed E-state index contributed by atoms with van der Waals surface area (Å²) in [5.41, 5.74) is 2.55. The lowest BCUT2D eigenvalue weighted by Crippen LogP contribution is -2.42. The van der Waals surface area contributed by atoms with Crippen molar-refractivity contribution in [3.63, 3.8) is 0 Å². The van der Waals surface area contributed by atoms with E-state index in [0.29, 0.717) is 10.9 Å². The van der Waals surface area contributed by atoms with Gasteiger partial charge in [0, 0.05) is 13.1 Å². The van der Waals surface area contributed by atoms with Crippen LogP contribution in [0.1, 0.15) is 51.7 Å². The Morgan fingerprint density at radius 3 is 2.38 bits per heavy atom. The molecule has 0 saturated carbocycles. The molecule has 0 radical (unpaired) electrons. The molecule has 0 spiro atoms. The predicted molar refractivity (Wildman–Crippen MR) is 115 cm³/mol. The topological polar surface area (TPSA) is 29.5 Å². The first-order valence-corrected chi connectivity index (χ1v) is 11.0. The van der Waals surface area contributed by atoms with Gasteiger partial charge in [-0.3, -0.25) is 4.90 Å². The molecule has 0 aromatic heterocycles. The summed E-state index contributed by atoms with van der Waals surface area (Å²) < 4.78 is 13.3. The van der Waals surface area contributed by atoms with Crippen molar-refractivity contribution in [2.75, 3.05) is 26.3 Å². The smallest absolute Gasteiger partial charge is 0.295 e. The van der Waals surface area contributed by atoms with Crippen LogP contribution in [0.3, 0.4) is 0 Å². The van der Waals surface area contributed by atoms with Crippen molar-refractivity contribution >= 4 is 33.8 Å². The molecular weight excluding hydrogens is 360 g/mol. The van der Waals surface area contributed by atoms with E-state index < -0.39 is 11.2 Å². The highest BCUT2D eigenvalue weighted by Crippen LogP contribution is 2.28. The molecule has 1 unspecified atom stereocenters. The van der Waals surface area contributed by atoms with E-state index >= 15 is 0 Å². The average molecular weight is 391 g/mol. The van der Waals surface area contributed by atoms with E-state index in [4.69, 9.17) is 12.2 Å². The lowest BCUT2D eigenvalue weighted by molar-refractivity contribution is 0.145. The van der Waals surface area contributed by atoms with Gasteiger partial charge in [0.05, 0.1) is 24.4 Å². The number of rotatable bonds is 3. The van der Waals surface area contributed by atoms with Crippen molar-refractivity contribution in [1.29, 1.82) is 0 Å². The molecule has 5 heteroatoms. The summed E-state index contributed by atoms with van der Waals surface area (Å²) in [7, 11) is 0. The molecule has 2 fully saturated rings. The molecule has 2 aliphatic heterocycles. The first-order chi connectivity index (χ1) is 12.2. The monoisotopic (exact) mass is 390 g/mol. The van der Waals surface area contributed by atoms with E-state index in [-0.39, 0.29) is 5.41 Å². The standard InChI is InChI=1S/C21H30N2OS2/c1-16-9-11-22(12-10-16)15-23-14-19(26(24)20(23)25)13-17-5-7-18(8-6-17)21(2,3)4/h5-8,13,16H,9-12,14-15H2,1-4H3. The third kappa shape index (κ3) is 4.69. The Labute approximate surface area is 166 Å². The summed E-state index contributed by atoms with van der Waals surface area (Å²) in [5.74, 6) is 0.817. The van der Waals surface area contributed by atoms with E-state index in [0.717, 1.165) is 36.1 Å². The normalized spacial score (nSPS) is 24.7. The lowest BCUT2D eigenvalue weighted by atomic mass is 9.87. The second-order valence-electron chi connectivity index (χ2n) is 8.66. The van der Waals surface area contributed by atoms with Crippen LogP contribution in [0.5, 0.6) is 0 Å². The third-order valence-electron chi connectivity index (χ3n) is 5.35. The molecule has 2 saturated heterocycles. The van der Waals surface area contributed by atoms with Crippen LogP contribution in [-0.4, -0.2) is 45.0 Å². The molecule has 3 nitrogen and oxygen atoms in total. The van der Waals surface area contributed by atoms with Gasteiger partial charge in [-0.1, -0.05) is 52.0 Å². The van der Waals surface area contributed by atoms with Gasteiger partial charge in [0.2, 0.25) is 0 Å². The summed E-state index contributed by atoms with van der Waals surface area (Å²) in [6.45, 7) is 12.7. The second kappa shape index (κ2) is 8.01. The van der Waals surface area contributed by atoms with Crippen molar-refractivity contribution in [2.24, 2.45) is 5.92 Å². The molecule has 0 aliphatic carbocycles. The first-order valence-electron chi connectivity index (χ1n) is 9.48. The minimum atomic E-state index is -1.18. The van der Waals surface area contributed by atoms with Gasteiger partial charge >= 0.3 is 0 Å². The maximum atomic E-state index is 12.7. The summed E-state index contributed by atoms with van der Waals surface area (Å²) in [6.07, 6.45) is 4.53. The minimum Gasteiger partial charge on any atom is -0.605 e. The van der Waals surface area contributed by atoms with Crippen molar-refractivity contribution in [2.45, 2.75) is 46.0 Å². The van der Waals surface area contributed by atoms with E-state index in [1.54, 1.807) is 0 Å². The Balaban J connectivity index is 1.67. The van der Waals surface area contributed by atoms with Crippen molar-refractivity contribution in [3.05, 3.63) is 40.3 Å². The summed E-state index contributed by atoms with van der Waals surface area (Å²) >= 11 is 4.30. The van der Waals surface area contributed by atoms with Gasteiger partial charge in [-0.25, -0.2) is 0 Å². The largest absolute Gasteiger partial charge is 0.605 e. The van der Waals surface area contributed by atoms with E-state index in [9.17, 15) is 4.55 Å². The number of hydrogen-bond acceptors (Lipinski definition) is 3. The Kier molecular flexibility index (Phi) is 6.12. The summed E-state index contributed by atoms with van der Waals surface area (Å²) in [6, 6.07) is 8.55. The predicted octanol–water partition coefficient (Wildman–Crippen LogP) is 4.36. The zero-order valence-electron chi connectivity index (χ0n) is 16.3. The molecule has 3 rings (SSSR count). The fraction of sp³-hybridized carbons (Fsp3) is 0.571. The van der Waals surface area contributed by atoms with Gasteiger partial charge in [-0.15, -0.1) is 0 Å². The molecule has 1 aromatic carbocycles. The van der Waals surface area contributed by atoms with Gasteiger partial charge in [-0.2, -0.15) is 0 Å². The van der Waals surface area contributed by atoms with Crippen LogP contribution in [0, 0.1) is 5.92 Å². The van der Waals surface area contributed by atoms with E-state index in [1.165, 1.54) is 18.4 Å². The van der Waals surface area contributed by atoms with E-state index in [1.807, 2.05) is 6.08 Å². The molecule has 26 heavy (non-hydrogen) atoms. The van der Waals surface area contributed by atoms with Crippen LogP contribution in [0.2, 0.25) is 0 Å². The number of benzene rings is 1.